The zero-order valence-corrected chi connectivity index (χ0v) is 15.1. The van der Waals surface area contributed by atoms with Gasteiger partial charge < -0.3 is 9.30 Å². The highest BCUT2D eigenvalue weighted by molar-refractivity contribution is 8.00. The molecule has 0 saturated heterocycles. The van der Waals surface area contributed by atoms with Gasteiger partial charge >= 0.3 is 0 Å². The summed E-state index contributed by atoms with van der Waals surface area (Å²) in [4.78, 5) is 4.97. The van der Waals surface area contributed by atoms with Gasteiger partial charge in [0.25, 0.3) is 0 Å². The van der Waals surface area contributed by atoms with Crippen LogP contribution in [0.2, 0.25) is 10.0 Å². The fraction of sp³-hybridized carbons (Fsp3) is 0.167. The van der Waals surface area contributed by atoms with E-state index < -0.39 is 0 Å². The first kappa shape index (κ1) is 17.2. The molecule has 0 saturated carbocycles. The number of imidazole rings is 1. The lowest BCUT2D eigenvalue weighted by Gasteiger charge is -2.19. The smallest absolute Gasteiger partial charge is 0.119 e. The van der Waals surface area contributed by atoms with Crippen LogP contribution in [0.3, 0.4) is 0 Å². The molecule has 0 aliphatic heterocycles. The van der Waals surface area contributed by atoms with Crippen molar-refractivity contribution in [2.24, 2.45) is 0 Å². The number of ether oxygens (including phenoxy) is 1. The van der Waals surface area contributed by atoms with Crippen LogP contribution in [0.4, 0.5) is 0 Å². The van der Waals surface area contributed by atoms with Crippen LogP contribution in [-0.4, -0.2) is 21.4 Å². The number of hydrogen-bond donors (Lipinski definition) is 0. The van der Waals surface area contributed by atoms with Crippen LogP contribution < -0.4 is 4.74 Å². The summed E-state index contributed by atoms with van der Waals surface area (Å²) in [5.41, 5.74) is 0. The van der Waals surface area contributed by atoms with Crippen LogP contribution in [0.1, 0.15) is 0 Å². The first-order valence-electron chi connectivity index (χ1n) is 7.46. The van der Waals surface area contributed by atoms with Crippen LogP contribution in [0.15, 0.2) is 72.1 Å². The summed E-state index contributed by atoms with van der Waals surface area (Å²) in [5, 5.41) is 1.45. The largest absolute Gasteiger partial charge is 0.492 e. The van der Waals surface area contributed by atoms with Gasteiger partial charge in [0.15, 0.2) is 0 Å². The third kappa shape index (κ3) is 4.69. The van der Waals surface area contributed by atoms with Crippen molar-refractivity contribution in [1.29, 1.82) is 0 Å². The summed E-state index contributed by atoms with van der Waals surface area (Å²) in [5.74, 6) is 0.846. The van der Waals surface area contributed by atoms with E-state index in [1.54, 1.807) is 24.3 Å². The quantitative estimate of drug-likeness (QED) is 0.512. The first-order chi connectivity index (χ1) is 11.7. The number of hydrogen-bond acceptors (Lipinski definition) is 3. The molecule has 0 aliphatic rings. The van der Waals surface area contributed by atoms with E-state index >= 15 is 0 Å². The van der Waals surface area contributed by atoms with Gasteiger partial charge in [-0.25, -0.2) is 4.98 Å². The minimum Gasteiger partial charge on any atom is -0.492 e. The molecule has 1 aromatic heterocycles. The second kappa shape index (κ2) is 8.47. The van der Waals surface area contributed by atoms with Gasteiger partial charge in [0.05, 0.1) is 21.6 Å². The third-order valence-electron chi connectivity index (χ3n) is 3.36. The molecular formula is C18H16Cl2N2OS. The Morgan fingerprint density at radius 2 is 1.79 bits per heavy atom. The second-order valence-corrected chi connectivity index (χ2v) is 7.30. The molecule has 3 aromatic rings. The van der Waals surface area contributed by atoms with Gasteiger partial charge in [-0.1, -0.05) is 47.5 Å². The monoisotopic (exact) mass is 378 g/mol. The van der Waals surface area contributed by atoms with E-state index in [2.05, 4.69) is 4.98 Å². The Hall–Kier alpha value is -1.62. The van der Waals surface area contributed by atoms with Crippen LogP contribution in [-0.2, 0) is 6.54 Å². The van der Waals surface area contributed by atoms with Gasteiger partial charge in [-0.05, 0) is 24.3 Å². The molecule has 1 heterocycles. The van der Waals surface area contributed by atoms with Crippen molar-refractivity contribution < 1.29 is 4.74 Å². The molecule has 3 nitrogen and oxygen atoms in total. The molecule has 3 rings (SSSR count). The summed E-state index contributed by atoms with van der Waals surface area (Å²) in [6, 6.07) is 15.3. The number of thioether (sulfide) groups is 1. The summed E-state index contributed by atoms with van der Waals surface area (Å²) in [6.45, 7) is 1.29. The van der Waals surface area contributed by atoms with Gasteiger partial charge in [-0.15, -0.1) is 11.8 Å². The molecule has 6 heteroatoms. The molecule has 0 fully saturated rings. The van der Waals surface area contributed by atoms with Gasteiger partial charge in [-0.2, -0.15) is 0 Å². The van der Waals surface area contributed by atoms with E-state index in [4.69, 9.17) is 27.9 Å². The summed E-state index contributed by atoms with van der Waals surface area (Å²) < 4.78 is 7.95. The van der Waals surface area contributed by atoms with Gasteiger partial charge in [0.1, 0.15) is 12.4 Å². The Balaban J connectivity index is 1.74. The minimum absolute atomic E-state index is 0.136. The Morgan fingerprint density at radius 1 is 1.04 bits per heavy atom. The molecular weight excluding hydrogens is 363 g/mol. The molecule has 0 spiro atoms. The Bertz CT molecular complexity index is 746. The fourth-order valence-corrected chi connectivity index (χ4v) is 3.96. The number of halogens is 2. The number of rotatable bonds is 7. The summed E-state index contributed by atoms with van der Waals surface area (Å²) in [6.07, 6.45) is 5.50. The van der Waals surface area contributed by atoms with E-state index in [9.17, 15) is 0 Å². The van der Waals surface area contributed by atoms with Crippen molar-refractivity contribution in [3.8, 4) is 5.75 Å². The van der Waals surface area contributed by atoms with Crippen LogP contribution in [0.25, 0.3) is 0 Å². The van der Waals surface area contributed by atoms with Gasteiger partial charge in [0, 0.05) is 23.8 Å². The lowest BCUT2D eigenvalue weighted by molar-refractivity contribution is 0.308. The maximum atomic E-state index is 6.31. The molecule has 0 aliphatic carbocycles. The maximum absolute atomic E-state index is 6.31. The van der Waals surface area contributed by atoms with Crippen molar-refractivity contribution in [2.75, 3.05) is 6.61 Å². The molecule has 0 N–H and O–H groups in total. The lowest BCUT2D eigenvalue weighted by Crippen LogP contribution is -2.20. The Labute approximate surface area is 155 Å². The molecule has 0 amide bonds. The predicted molar refractivity (Wildman–Crippen MR) is 100 cm³/mol. The SMILES string of the molecule is Clc1cccc(Cl)c1SC(COc1ccccc1)Cn1ccnc1. The zero-order chi connectivity index (χ0) is 16.8. The Morgan fingerprint density at radius 3 is 2.46 bits per heavy atom. The summed E-state index contributed by atoms with van der Waals surface area (Å²) in [7, 11) is 0. The standard InChI is InChI=1S/C18H16Cl2N2OS/c19-16-7-4-8-17(20)18(16)24-15(11-22-10-9-21-13-22)12-23-14-5-2-1-3-6-14/h1-10,13,15H,11-12H2. The molecule has 24 heavy (non-hydrogen) atoms. The van der Waals surface area contributed by atoms with E-state index in [0.29, 0.717) is 16.7 Å². The number of nitrogens with zero attached hydrogens (tertiary/aromatic N) is 2. The van der Waals surface area contributed by atoms with Crippen LogP contribution >= 0.6 is 35.0 Å². The van der Waals surface area contributed by atoms with Crippen molar-refractivity contribution >= 4 is 35.0 Å². The zero-order valence-electron chi connectivity index (χ0n) is 12.8. The topological polar surface area (TPSA) is 27.1 Å². The van der Waals surface area contributed by atoms with Crippen molar-refractivity contribution in [3.63, 3.8) is 0 Å². The number of benzene rings is 2. The van der Waals surface area contributed by atoms with E-state index in [1.807, 2.05) is 59.3 Å². The van der Waals surface area contributed by atoms with E-state index in [0.717, 1.165) is 17.2 Å². The summed E-state index contributed by atoms with van der Waals surface area (Å²) >= 11 is 14.2. The molecule has 124 valence electrons. The normalized spacial score (nSPS) is 12.1. The maximum Gasteiger partial charge on any atom is 0.119 e. The van der Waals surface area contributed by atoms with Gasteiger partial charge in [-0.3, -0.25) is 0 Å². The molecule has 2 aromatic carbocycles. The van der Waals surface area contributed by atoms with Crippen molar-refractivity contribution in [3.05, 3.63) is 77.3 Å². The first-order valence-corrected chi connectivity index (χ1v) is 9.10. The van der Waals surface area contributed by atoms with Crippen LogP contribution in [0.5, 0.6) is 5.75 Å². The number of para-hydroxylation sites is 1. The minimum atomic E-state index is 0.136. The van der Waals surface area contributed by atoms with Crippen LogP contribution in [0, 0.1) is 0 Å². The molecule has 0 radical (unpaired) electrons. The third-order valence-corrected chi connectivity index (χ3v) is 5.50. The second-order valence-electron chi connectivity index (χ2n) is 5.17. The van der Waals surface area contributed by atoms with E-state index in [-0.39, 0.29) is 5.25 Å². The Kier molecular flexibility index (Phi) is 6.07. The lowest BCUT2D eigenvalue weighted by atomic mass is 10.3. The highest BCUT2D eigenvalue weighted by Gasteiger charge is 2.17. The predicted octanol–water partition coefficient (Wildman–Crippen LogP) is 5.43. The van der Waals surface area contributed by atoms with Crippen molar-refractivity contribution in [2.45, 2.75) is 16.7 Å². The average Bonchev–Trinajstić information content (AvgIpc) is 3.10. The molecule has 0 bridgehead atoms. The van der Waals surface area contributed by atoms with Crippen molar-refractivity contribution in [1.82, 2.24) is 9.55 Å². The highest BCUT2D eigenvalue weighted by atomic mass is 35.5. The average molecular weight is 379 g/mol. The highest BCUT2D eigenvalue weighted by Crippen LogP contribution is 2.37. The number of aromatic nitrogens is 2. The van der Waals surface area contributed by atoms with E-state index in [1.165, 1.54) is 0 Å². The molecule has 1 atom stereocenters. The fourth-order valence-electron chi connectivity index (χ4n) is 2.22. The molecule has 1 unspecified atom stereocenters. The van der Waals surface area contributed by atoms with Gasteiger partial charge in [0.2, 0.25) is 0 Å².